The molecule has 0 aliphatic rings. The average molecular weight is 296 g/mol. The van der Waals surface area contributed by atoms with Gasteiger partial charge in [-0.2, -0.15) is 15.0 Å². The summed E-state index contributed by atoms with van der Waals surface area (Å²) >= 11 is 0. The maximum atomic E-state index is 10.6. The van der Waals surface area contributed by atoms with E-state index in [4.69, 9.17) is 5.73 Å². The van der Waals surface area contributed by atoms with Crippen molar-refractivity contribution in [2.24, 2.45) is 5.73 Å². The number of carbonyl (C=O) groups is 1. The van der Waals surface area contributed by atoms with Gasteiger partial charge in [-0.25, -0.2) is 4.79 Å². The van der Waals surface area contributed by atoms with Gasteiger partial charge in [0, 0.05) is 32.7 Å². The van der Waals surface area contributed by atoms with Crippen molar-refractivity contribution in [1.29, 1.82) is 0 Å². The van der Waals surface area contributed by atoms with Crippen LogP contribution in [0.5, 0.6) is 0 Å². The number of hydrogen-bond acceptors (Lipinski definition) is 7. The highest BCUT2D eigenvalue weighted by atomic mass is 16.2. The molecule has 0 aliphatic heterocycles. The smallest absolute Gasteiger partial charge is 0.312 e. The van der Waals surface area contributed by atoms with Gasteiger partial charge in [0.05, 0.1) is 0 Å². The molecule has 0 aromatic carbocycles. The van der Waals surface area contributed by atoms with Crippen molar-refractivity contribution in [2.45, 2.75) is 20.8 Å². The maximum absolute atomic E-state index is 10.6. The molecule has 118 valence electrons. The zero-order valence-corrected chi connectivity index (χ0v) is 12.8. The second-order valence-corrected chi connectivity index (χ2v) is 4.20. The highest BCUT2D eigenvalue weighted by Gasteiger charge is 2.10. The van der Waals surface area contributed by atoms with Crippen LogP contribution >= 0.6 is 0 Å². The van der Waals surface area contributed by atoms with Crippen molar-refractivity contribution >= 4 is 23.9 Å². The van der Waals surface area contributed by atoms with E-state index >= 15 is 0 Å². The van der Waals surface area contributed by atoms with Crippen LogP contribution in [0.25, 0.3) is 0 Å². The van der Waals surface area contributed by atoms with Crippen molar-refractivity contribution in [3.63, 3.8) is 0 Å². The van der Waals surface area contributed by atoms with Crippen molar-refractivity contribution in [1.82, 2.24) is 20.3 Å². The van der Waals surface area contributed by atoms with Gasteiger partial charge in [-0.05, 0) is 20.8 Å². The van der Waals surface area contributed by atoms with Gasteiger partial charge in [-0.1, -0.05) is 0 Å². The Kier molecular flexibility index (Phi) is 6.99. The van der Waals surface area contributed by atoms with Gasteiger partial charge in [0.25, 0.3) is 0 Å². The minimum absolute atomic E-state index is 0.401. The number of nitrogens with one attached hydrogen (secondary N) is 3. The predicted molar refractivity (Wildman–Crippen MR) is 83.6 cm³/mol. The molecule has 21 heavy (non-hydrogen) atoms. The third-order valence-corrected chi connectivity index (χ3v) is 2.71. The molecule has 0 atom stereocenters. The minimum Gasteiger partial charge on any atom is -0.354 e. The van der Waals surface area contributed by atoms with Crippen LogP contribution in [0.15, 0.2) is 0 Å². The molecule has 1 aromatic heterocycles. The quantitative estimate of drug-likeness (QED) is 0.481. The number of nitrogens with two attached hydrogens (primary N) is 1. The largest absolute Gasteiger partial charge is 0.354 e. The molecule has 2 amide bonds. The minimum atomic E-state index is -0.551. The van der Waals surface area contributed by atoms with Crippen LogP contribution in [0.2, 0.25) is 0 Å². The van der Waals surface area contributed by atoms with Gasteiger partial charge >= 0.3 is 6.03 Å². The second kappa shape index (κ2) is 8.77. The number of nitrogens with zero attached hydrogens (tertiary/aromatic N) is 4. The number of aromatic nitrogens is 3. The molecule has 9 nitrogen and oxygen atoms in total. The number of urea groups is 1. The van der Waals surface area contributed by atoms with E-state index in [1.165, 1.54) is 0 Å². The van der Waals surface area contributed by atoms with Crippen molar-refractivity contribution in [3.8, 4) is 0 Å². The first kappa shape index (κ1) is 16.7. The molecular weight excluding hydrogens is 272 g/mol. The molecule has 5 N–H and O–H groups in total. The number of primary amides is 1. The molecule has 1 aromatic rings. The second-order valence-electron chi connectivity index (χ2n) is 4.20. The molecule has 0 spiro atoms. The van der Waals surface area contributed by atoms with Crippen LogP contribution < -0.4 is 26.6 Å². The SMILES string of the molecule is CCNc1nc(NCCNC(N)=O)nc(N(CC)CC)n1. The van der Waals surface area contributed by atoms with Gasteiger partial charge < -0.3 is 26.6 Å². The summed E-state index contributed by atoms with van der Waals surface area (Å²) < 4.78 is 0. The van der Waals surface area contributed by atoms with E-state index in [0.29, 0.717) is 30.9 Å². The standard InChI is InChI=1S/C12H24N8O/c1-4-14-10-17-11(16-8-7-15-9(13)21)19-12(18-10)20(5-2)6-3/h4-8H2,1-3H3,(H3,13,15,21)(H2,14,16,17,18,19). The van der Waals surface area contributed by atoms with Crippen molar-refractivity contribution in [3.05, 3.63) is 0 Å². The third kappa shape index (κ3) is 5.67. The van der Waals surface area contributed by atoms with E-state index in [-0.39, 0.29) is 0 Å². The Morgan fingerprint density at radius 3 is 2.19 bits per heavy atom. The van der Waals surface area contributed by atoms with Gasteiger partial charge in [-0.15, -0.1) is 0 Å². The maximum Gasteiger partial charge on any atom is 0.312 e. The molecule has 0 unspecified atom stereocenters. The Labute approximate surface area is 124 Å². The summed E-state index contributed by atoms with van der Waals surface area (Å²) in [6.07, 6.45) is 0. The lowest BCUT2D eigenvalue weighted by molar-refractivity contribution is 0.249. The summed E-state index contributed by atoms with van der Waals surface area (Å²) in [4.78, 5) is 25.7. The van der Waals surface area contributed by atoms with E-state index in [1.807, 2.05) is 25.7 Å². The number of hydrogen-bond donors (Lipinski definition) is 4. The molecule has 9 heteroatoms. The number of rotatable bonds is 9. The first-order chi connectivity index (χ1) is 10.1. The molecule has 1 rings (SSSR count). The topological polar surface area (TPSA) is 121 Å². The van der Waals surface area contributed by atoms with E-state index in [1.54, 1.807) is 0 Å². The van der Waals surface area contributed by atoms with Crippen LogP contribution in [-0.2, 0) is 0 Å². The molecule has 0 radical (unpaired) electrons. The third-order valence-electron chi connectivity index (χ3n) is 2.71. The molecule has 0 aliphatic carbocycles. The molecule has 0 bridgehead atoms. The normalized spacial score (nSPS) is 10.0. The summed E-state index contributed by atoms with van der Waals surface area (Å²) in [5.74, 6) is 1.62. The highest BCUT2D eigenvalue weighted by Crippen LogP contribution is 2.13. The van der Waals surface area contributed by atoms with Crippen molar-refractivity contribution < 1.29 is 4.79 Å². The molecular formula is C12H24N8O. The van der Waals surface area contributed by atoms with Gasteiger partial charge in [-0.3, -0.25) is 0 Å². The molecule has 1 heterocycles. The summed E-state index contributed by atoms with van der Waals surface area (Å²) in [6.45, 7) is 9.31. The Hall–Kier alpha value is -2.32. The fourth-order valence-corrected chi connectivity index (χ4v) is 1.69. The zero-order valence-electron chi connectivity index (χ0n) is 12.8. The fourth-order valence-electron chi connectivity index (χ4n) is 1.69. The van der Waals surface area contributed by atoms with Crippen LogP contribution in [0.3, 0.4) is 0 Å². The predicted octanol–water partition coefficient (Wildman–Crippen LogP) is 0.230. The van der Waals surface area contributed by atoms with E-state index in [9.17, 15) is 4.79 Å². The Bertz CT molecular complexity index is 449. The summed E-state index contributed by atoms with van der Waals surface area (Å²) in [5.41, 5.74) is 5.00. The molecule has 0 saturated carbocycles. The Morgan fingerprint density at radius 1 is 1.05 bits per heavy atom. The summed E-state index contributed by atoms with van der Waals surface area (Å²) in [7, 11) is 0. The molecule has 0 saturated heterocycles. The molecule has 0 fully saturated rings. The van der Waals surface area contributed by atoms with Gasteiger partial charge in [0.2, 0.25) is 17.8 Å². The average Bonchev–Trinajstić information content (AvgIpc) is 2.45. The number of amides is 2. The lowest BCUT2D eigenvalue weighted by Crippen LogP contribution is -2.33. The Morgan fingerprint density at radius 2 is 1.67 bits per heavy atom. The summed E-state index contributed by atoms with van der Waals surface area (Å²) in [5, 5.41) is 8.62. The first-order valence-electron chi connectivity index (χ1n) is 7.12. The number of carbonyl (C=O) groups excluding carboxylic acids is 1. The lowest BCUT2D eigenvalue weighted by atomic mass is 10.5. The van der Waals surface area contributed by atoms with Crippen LogP contribution in [0.1, 0.15) is 20.8 Å². The van der Waals surface area contributed by atoms with Crippen LogP contribution in [0.4, 0.5) is 22.6 Å². The van der Waals surface area contributed by atoms with Gasteiger partial charge in [0.1, 0.15) is 0 Å². The van der Waals surface area contributed by atoms with Crippen molar-refractivity contribution in [2.75, 3.05) is 48.3 Å². The Balaban J connectivity index is 2.78. The van der Waals surface area contributed by atoms with Crippen LogP contribution in [0, 0.1) is 0 Å². The van der Waals surface area contributed by atoms with E-state index in [0.717, 1.165) is 19.6 Å². The first-order valence-corrected chi connectivity index (χ1v) is 7.12. The highest BCUT2D eigenvalue weighted by molar-refractivity contribution is 5.71. The zero-order chi connectivity index (χ0) is 15.7. The van der Waals surface area contributed by atoms with Crippen LogP contribution in [-0.4, -0.2) is 53.7 Å². The lowest BCUT2D eigenvalue weighted by Gasteiger charge is -2.19. The van der Waals surface area contributed by atoms with E-state index in [2.05, 4.69) is 30.9 Å². The number of anilines is 3. The monoisotopic (exact) mass is 296 g/mol. The fraction of sp³-hybridized carbons (Fsp3) is 0.667. The summed E-state index contributed by atoms with van der Waals surface area (Å²) in [6, 6.07) is -0.551. The van der Waals surface area contributed by atoms with Gasteiger partial charge in [0.15, 0.2) is 0 Å². The van der Waals surface area contributed by atoms with E-state index < -0.39 is 6.03 Å².